The van der Waals surface area contributed by atoms with Gasteiger partial charge >= 0.3 is 0 Å². The Labute approximate surface area is 196 Å². The minimum absolute atomic E-state index is 0.333. The molecule has 3 rings (SSSR count). The summed E-state index contributed by atoms with van der Waals surface area (Å²) in [6, 6.07) is 9.36. The fourth-order valence-corrected chi connectivity index (χ4v) is 4.10. The van der Waals surface area contributed by atoms with E-state index in [4.69, 9.17) is 37.4 Å². The molecule has 1 fully saturated rings. The van der Waals surface area contributed by atoms with Crippen LogP contribution >= 0.6 is 39.1 Å². The van der Waals surface area contributed by atoms with Crippen LogP contribution in [0.25, 0.3) is 0 Å². The van der Waals surface area contributed by atoms with Crippen LogP contribution in [0.5, 0.6) is 11.5 Å². The maximum absolute atomic E-state index is 6.26. The molecule has 0 spiro atoms. The smallest absolute Gasteiger partial charge is 0.162 e. The Morgan fingerprint density at radius 1 is 1.07 bits per heavy atom. The van der Waals surface area contributed by atoms with Crippen molar-refractivity contribution >= 4 is 39.1 Å². The first kappa shape index (κ1) is 23.6. The highest BCUT2D eigenvalue weighted by Gasteiger charge is 2.13. The summed E-state index contributed by atoms with van der Waals surface area (Å²) in [7, 11) is 0. The number of ether oxygens (including phenoxy) is 3. The lowest BCUT2D eigenvalue weighted by Gasteiger charge is -2.26. The molecule has 0 saturated carbocycles. The van der Waals surface area contributed by atoms with E-state index in [1.54, 1.807) is 12.1 Å². The summed E-state index contributed by atoms with van der Waals surface area (Å²) >= 11 is 15.9. The molecule has 2 aromatic carbocycles. The third-order valence-electron chi connectivity index (χ3n) is 4.83. The van der Waals surface area contributed by atoms with Crippen molar-refractivity contribution in [1.82, 2.24) is 10.2 Å². The van der Waals surface area contributed by atoms with Crippen molar-refractivity contribution in [2.45, 2.75) is 20.1 Å². The molecule has 1 heterocycles. The molecule has 5 nitrogen and oxygen atoms in total. The highest BCUT2D eigenvalue weighted by molar-refractivity contribution is 9.10. The highest BCUT2D eigenvalue weighted by atomic mass is 79.9. The molecule has 1 N–H and O–H groups in total. The van der Waals surface area contributed by atoms with E-state index in [1.165, 1.54) is 0 Å². The summed E-state index contributed by atoms with van der Waals surface area (Å²) in [5.74, 6) is 1.39. The molecule has 30 heavy (non-hydrogen) atoms. The van der Waals surface area contributed by atoms with Gasteiger partial charge in [-0.25, -0.2) is 0 Å². The Morgan fingerprint density at radius 2 is 1.83 bits per heavy atom. The van der Waals surface area contributed by atoms with E-state index < -0.39 is 0 Å². The second kappa shape index (κ2) is 12.1. The Morgan fingerprint density at radius 3 is 2.57 bits per heavy atom. The van der Waals surface area contributed by atoms with Crippen LogP contribution < -0.4 is 14.8 Å². The van der Waals surface area contributed by atoms with Crippen molar-refractivity contribution in [3.05, 3.63) is 56.0 Å². The number of benzene rings is 2. The number of morpholine rings is 1. The summed E-state index contributed by atoms with van der Waals surface area (Å²) < 4.78 is 18.2. The summed E-state index contributed by atoms with van der Waals surface area (Å²) in [6.45, 7) is 9.19. The molecule has 164 valence electrons. The van der Waals surface area contributed by atoms with E-state index in [1.807, 2.05) is 25.1 Å². The van der Waals surface area contributed by atoms with Crippen LogP contribution in [0, 0.1) is 0 Å². The molecule has 0 radical (unpaired) electrons. The van der Waals surface area contributed by atoms with E-state index in [2.05, 4.69) is 26.1 Å². The van der Waals surface area contributed by atoms with Gasteiger partial charge < -0.3 is 19.5 Å². The molecule has 1 saturated heterocycles. The number of rotatable bonds is 10. The monoisotopic (exact) mass is 516 g/mol. The van der Waals surface area contributed by atoms with Crippen molar-refractivity contribution in [3.8, 4) is 11.5 Å². The number of halogens is 3. The topological polar surface area (TPSA) is 43.0 Å². The Balaban J connectivity index is 1.59. The maximum Gasteiger partial charge on any atom is 0.162 e. The van der Waals surface area contributed by atoms with E-state index >= 15 is 0 Å². The summed E-state index contributed by atoms with van der Waals surface area (Å²) in [4.78, 5) is 2.41. The van der Waals surface area contributed by atoms with Gasteiger partial charge in [0.25, 0.3) is 0 Å². The average Bonchev–Trinajstić information content (AvgIpc) is 2.74. The predicted molar refractivity (Wildman–Crippen MR) is 125 cm³/mol. The van der Waals surface area contributed by atoms with Crippen molar-refractivity contribution in [3.63, 3.8) is 0 Å². The van der Waals surface area contributed by atoms with Crippen molar-refractivity contribution in [1.29, 1.82) is 0 Å². The maximum atomic E-state index is 6.26. The molecule has 1 aliphatic heterocycles. The third kappa shape index (κ3) is 7.01. The molecule has 2 aromatic rings. The normalized spacial score (nSPS) is 14.7. The lowest BCUT2D eigenvalue weighted by molar-refractivity contribution is 0.0384. The van der Waals surface area contributed by atoms with E-state index in [0.717, 1.165) is 67.3 Å². The molecular weight excluding hydrogens is 491 g/mol. The van der Waals surface area contributed by atoms with Crippen LogP contribution in [0.4, 0.5) is 0 Å². The van der Waals surface area contributed by atoms with Crippen molar-refractivity contribution < 1.29 is 14.2 Å². The number of nitrogens with one attached hydrogen (secondary N) is 1. The van der Waals surface area contributed by atoms with Gasteiger partial charge in [-0.15, -0.1) is 0 Å². The average molecular weight is 518 g/mol. The lowest BCUT2D eigenvalue weighted by Crippen LogP contribution is -2.40. The molecule has 0 aliphatic carbocycles. The SMILES string of the molecule is CCOc1cc(CNCCN2CCOCC2)c(Br)cc1OCc1ccc(Cl)cc1Cl. The third-order valence-corrected chi connectivity index (χ3v) is 6.16. The molecule has 0 aromatic heterocycles. The second-order valence-corrected chi connectivity index (χ2v) is 8.68. The first-order chi connectivity index (χ1) is 14.6. The van der Waals surface area contributed by atoms with Gasteiger partial charge in [-0.3, -0.25) is 4.90 Å². The Bertz CT molecular complexity index is 832. The molecule has 0 unspecified atom stereocenters. The zero-order chi connectivity index (χ0) is 21.3. The van der Waals surface area contributed by atoms with Gasteiger partial charge in [0.1, 0.15) is 6.61 Å². The van der Waals surface area contributed by atoms with Gasteiger partial charge in [-0.05, 0) is 36.8 Å². The van der Waals surface area contributed by atoms with Gasteiger partial charge in [0.2, 0.25) is 0 Å². The highest BCUT2D eigenvalue weighted by Crippen LogP contribution is 2.35. The quantitative estimate of drug-likeness (QED) is 0.441. The first-order valence-corrected chi connectivity index (χ1v) is 11.6. The number of hydrogen-bond donors (Lipinski definition) is 1. The van der Waals surface area contributed by atoms with Gasteiger partial charge in [0.05, 0.1) is 19.8 Å². The van der Waals surface area contributed by atoms with E-state index in [9.17, 15) is 0 Å². The minimum Gasteiger partial charge on any atom is -0.490 e. The van der Waals surface area contributed by atoms with Crippen LogP contribution in [0.15, 0.2) is 34.8 Å². The van der Waals surface area contributed by atoms with Gasteiger partial charge in [-0.1, -0.05) is 45.2 Å². The zero-order valence-electron chi connectivity index (χ0n) is 17.1. The fourth-order valence-electron chi connectivity index (χ4n) is 3.17. The molecule has 0 bridgehead atoms. The summed E-state index contributed by atoms with van der Waals surface area (Å²) in [5.41, 5.74) is 1.99. The van der Waals surface area contributed by atoms with Crippen LogP contribution in [0.2, 0.25) is 10.0 Å². The first-order valence-electron chi connectivity index (χ1n) is 10.1. The van der Waals surface area contributed by atoms with Gasteiger partial charge in [-0.2, -0.15) is 0 Å². The number of nitrogens with zero attached hydrogens (tertiary/aromatic N) is 1. The molecular formula is C22H27BrCl2N2O3. The molecule has 0 amide bonds. The van der Waals surface area contributed by atoms with E-state index in [-0.39, 0.29) is 0 Å². The van der Waals surface area contributed by atoms with Crippen LogP contribution in [-0.4, -0.2) is 50.9 Å². The van der Waals surface area contributed by atoms with E-state index in [0.29, 0.717) is 29.0 Å². The Hall–Kier alpha value is -1.02. The number of hydrogen-bond acceptors (Lipinski definition) is 5. The fraction of sp³-hybridized carbons (Fsp3) is 0.455. The Kier molecular flexibility index (Phi) is 9.56. The van der Waals surface area contributed by atoms with Crippen molar-refractivity contribution in [2.24, 2.45) is 0 Å². The summed E-state index contributed by atoms with van der Waals surface area (Å²) in [5, 5.41) is 4.70. The predicted octanol–water partition coefficient (Wildman–Crippen LogP) is 5.16. The largest absolute Gasteiger partial charge is 0.490 e. The molecule has 8 heteroatoms. The van der Waals surface area contributed by atoms with Crippen LogP contribution in [0.3, 0.4) is 0 Å². The van der Waals surface area contributed by atoms with Gasteiger partial charge in [0, 0.05) is 52.8 Å². The summed E-state index contributed by atoms with van der Waals surface area (Å²) in [6.07, 6.45) is 0. The second-order valence-electron chi connectivity index (χ2n) is 6.98. The van der Waals surface area contributed by atoms with Gasteiger partial charge in [0.15, 0.2) is 11.5 Å². The van der Waals surface area contributed by atoms with Crippen LogP contribution in [-0.2, 0) is 17.9 Å². The van der Waals surface area contributed by atoms with Crippen LogP contribution in [0.1, 0.15) is 18.1 Å². The minimum atomic E-state index is 0.333. The lowest BCUT2D eigenvalue weighted by atomic mass is 10.2. The zero-order valence-corrected chi connectivity index (χ0v) is 20.2. The standard InChI is InChI=1S/C22H27BrCl2N2O3/c1-2-29-21-11-17(14-26-5-6-27-7-9-28-10-8-27)19(23)13-22(21)30-15-16-3-4-18(24)12-20(16)25/h3-4,11-13,26H,2,5-10,14-15H2,1H3. The molecule has 0 atom stereocenters. The molecule has 1 aliphatic rings. The van der Waals surface area contributed by atoms with Crippen molar-refractivity contribution in [2.75, 3.05) is 46.0 Å².